The highest BCUT2D eigenvalue weighted by Gasteiger charge is 2.42. The normalized spacial score (nSPS) is 21.1. The fourth-order valence-electron chi connectivity index (χ4n) is 2.01. The zero-order valence-electron chi connectivity index (χ0n) is 9.17. The Kier molecular flexibility index (Phi) is 3.10. The Balaban J connectivity index is 2.20. The molecular formula is C12H15F2NO. The summed E-state index contributed by atoms with van der Waals surface area (Å²) in [7, 11) is 1.52. The molecule has 0 radical (unpaired) electrons. The molecule has 0 saturated carbocycles. The third-order valence-corrected chi connectivity index (χ3v) is 3.05. The summed E-state index contributed by atoms with van der Waals surface area (Å²) in [5.41, 5.74) is 0.0713. The van der Waals surface area contributed by atoms with E-state index in [2.05, 4.69) is 5.32 Å². The number of halogens is 2. The van der Waals surface area contributed by atoms with Gasteiger partial charge in [0.1, 0.15) is 5.75 Å². The van der Waals surface area contributed by atoms with Gasteiger partial charge in [0.15, 0.2) is 0 Å². The van der Waals surface area contributed by atoms with Gasteiger partial charge in [-0.15, -0.1) is 0 Å². The maximum absolute atomic E-state index is 14.0. The van der Waals surface area contributed by atoms with Gasteiger partial charge in [0.25, 0.3) is 5.92 Å². The average Bonchev–Trinajstić information content (AvgIpc) is 2.83. The molecule has 0 bridgehead atoms. The molecule has 0 aromatic heterocycles. The minimum atomic E-state index is -2.75. The Morgan fingerprint density at radius 2 is 2.00 bits per heavy atom. The van der Waals surface area contributed by atoms with Crippen LogP contribution in [0, 0.1) is 5.92 Å². The number of hydrogen-bond acceptors (Lipinski definition) is 2. The van der Waals surface area contributed by atoms with Crippen molar-refractivity contribution in [1.82, 2.24) is 5.32 Å². The van der Waals surface area contributed by atoms with Crippen molar-refractivity contribution in [2.24, 2.45) is 5.92 Å². The first-order valence-electron chi connectivity index (χ1n) is 5.37. The van der Waals surface area contributed by atoms with E-state index >= 15 is 0 Å². The smallest absolute Gasteiger partial charge is 0.277 e. The monoisotopic (exact) mass is 227 g/mol. The standard InChI is InChI=1S/C12H15F2NO/c1-16-11-4-2-9(3-5-11)12(13,14)10-6-7-15-8-10/h2-5,10,15H,6-8H2,1H3. The molecule has 1 heterocycles. The van der Waals surface area contributed by atoms with E-state index in [9.17, 15) is 8.78 Å². The number of alkyl halides is 2. The van der Waals surface area contributed by atoms with Crippen LogP contribution < -0.4 is 10.1 Å². The van der Waals surface area contributed by atoms with Crippen LogP contribution in [0.1, 0.15) is 12.0 Å². The van der Waals surface area contributed by atoms with E-state index in [1.165, 1.54) is 19.2 Å². The molecule has 0 spiro atoms. The first-order valence-corrected chi connectivity index (χ1v) is 5.37. The predicted molar refractivity (Wildman–Crippen MR) is 57.9 cm³/mol. The lowest BCUT2D eigenvalue weighted by Gasteiger charge is -2.22. The highest BCUT2D eigenvalue weighted by atomic mass is 19.3. The van der Waals surface area contributed by atoms with Crippen molar-refractivity contribution in [2.75, 3.05) is 20.2 Å². The summed E-state index contributed by atoms with van der Waals surface area (Å²) in [4.78, 5) is 0. The zero-order chi connectivity index (χ0) is 11.6. The zero-order valence-corrected chi connectivity index (χ0v) is 9.17. The molecule has 1 saturated heterocycles. The summed E-state index contributed by atoms with van der Waals surface area (Å²) in [6.45, 7) is 1.06. The first kappa shape index (κ1) is 11.3. The lowest BCUT2D eigenvalue weighted by molar-refractivity contribution is -0.0575. The lowest BCUT2D eigenvalue weighted by Crippen LogP contribution is -2.27. The van der Waals surface area contributed by atoms with Gasteiger partial charge in [0.05, 0.1) is 7.11 Å². The van der Waals surface area contributed by atoms with Crippen LogP contribution in [0.15, 0.2) is 24.3 Å². The van der Waals surface area contributed by atoms with Crippen LogP contribution in [0.5, 0.6) is 5.75 Å². The van der Waals surface area contributed by atoms with Crippen molar-refractivity contribution in [3.8, 4) is 5.75 Å². The minimum Gasteiger partial charge on any atom is -0.497 e. The first-order chi connectivity index (χ1) is 7.64. The van der Waals surface area contributed by atoms with Gasteiger partial charge in [0, 0.05) is 18.0 Å². The maximum atomic E-state index is 14.0. The fourth-order valence-corrected chi connectivity index (χ4v) is 2.01. The van der Waals surface area contributed by atoms with Crippen molar-refractivity contribution >= 4 is 0 Å². The van der Waals surface area contributed by atoms with E-state index in [-0.39, 0.29) is 5.56 Å². The van der Waals surface area contributed by atoms with Crippen LogP contribution in [0.3, 0.4) is 0 Å². The number of ether oxygens (including phenoxy) is 1. The summed E-state index contributed by atoms with van der Waals surface area (Å²) in [6, 6.07) is 6.03. The number of rotatable bonds is 3. The molecule has 16 heavy (non-hydrogen) atoms. The van der Waals surface area contributed by atoms with Crippen LogP contribution in [-0.4, -0.2) is 20.2 Å². The highest BCUT2D eigenvalue weighted by molar-refractivity contribution is 5.30. The largest absolute Gasteiger partial charge is 0.497 e. The molecule has 1 fully saturated rings. The van der Waals surface area contributed by atoms with Crippen LogP contribution in [0.4, 0.5) is 8.78 Å². The van der Waals surface area contributed by atoms with Crippen molar-refractivity contribution < 1.29 is 13.5 Å². The lowest BCUT2D eigenvalue weighted by atomic mass is 9.94. The molecule has 88 valence electrons. The molecule has 1 atom stereocenters. The van der Waals surface area contributed by atoms with Crippen LogP contribution in [0.2, 0.25) is 0 Å². The van der Waals surface area contributed by atoms with Gasteiger partial charge in [0.2, 0.25) is 0 Å². The third-order valence-electron chi connectivity index (χ3n) is 3.05. The summed E-state index contributed by atoms with van der Waals surface area (Å²) >= 11 is 0. The third kappa shape index (κ3) is 2.02. The molecule has 2 rings (SSSR count). The van der Waals surface area contributed by atoms with E-state index in [0.717, 1.165) is 0 Å². The Labute approximate surface area is 93.6 Å². The quantitative estimate of drug-likeness (QED) is 0.856. The molecule has 1 aliphatic rings. The van der Waals surface area contributed by atoms with Crippen molar-refractivity contribution in [3.63, 3.8) is 0 Å². The summed E-state index contributed by atoms with van der Waals surface area (Å²) < 4.78 is 33.0. The number of benzene rings is 1. The van der Waals surface area contributed by atoms with Gasteiger partial charge in [-0.25, -0.2) is 8.78 Å². The average molecular weight is 227 g/mol. The fraction of sp³-hybridized carbons (Fsp3) is 0.500. The second kappa shape index (κ2) is 4.37. The van der Waals surface area contributed by atoms with Crippen molar-refractivity contribution in [3.05, 3.63) is 29.8 Å². The SMILES string of the molecule is COc1ccc(C(F)(F)C2CCNC2)cc1. The topological polar surface area (TPSA) is 21.3 Å². The molecule has 1 aliphatic heterocycles. The molecule has 0 amide bonds. The Morgan fingerprint density at radius 3 is 2.50 bits per heavy atom. The highest BCUT2D eigenvalue weighted by Crippen LogP contribution is 2.39. The van der Waals surface area contributed by atoms with E-state index in [0.29, 0.717) is 25.3 Å². The van der Waals surface area contributed by atoms with Crippen LogP contribution >= 0.6 is 0 Å². The van der Waals surface area contributed by atoms with Gasteiger partial charge >= 0.3 is 0 Å². The van der Waals surface area contributed by atoms with Crippen molar-refractivity contribution in [1.29, 1.82) is 0 Å². The predicted octanol–water partition coefficient (Wildman–Crippen LogP) is 2.40. The second-order valence-corrected chi connectivity index (χ2v) is 4.04. The number of hydrogen-bond donors (Lipinski definition) is 1. The van der Waals surface area contributed by atoms with Gasteiger partial charge < -0.3 is 10.1 Å². The van der Waals surface area contributed by atoms with Crippen molar-refractivity contribution in [2.45, 2.75) is 12.3 Å². The summed E-state index contributed by atoms with van der Waals surface area (Å²) in [5.74, 6) is -2.75. The summed E-state index contributed by atoms with van der Waals surface area (Å²) in [6.07, 6.45) is 0.527. The molecule has 1 aromatic rings. The molecule has 1 unspecified atom stereocenters. The van der Waals surface area contributed by atoms with Gasteiger partial charge in [-0.05, 0) is 37.2 Å². The molecule has 1 N–H and O–H groups in total. The molecule has 0 aliphatic carbocycles. The Bertz CT molecular complexity index is 345. The van der Waals surface area contributed by atoms with Gasteiger partial charge in [-0.2, -0.15) is 0 Å². The number of methoxy groups -OCH3 is 1. The number of nitrogens with one attached hydrogen (secondary N) is 1. The molecule has 4 heteroatoms. The maximum Gasteiger partial charge on any atom is 0.277 e. The van der Waals surface area contributed by atoms with E-state index in [1.54, 1.807) is 12.1 Å². The second-order valence-electron chi connectivity index (χ2n) is 4.04. The van der Waals surface area contributed by atoms with Crippen LogP contribution in [-0.2, 0) is 5.92 Å². The molecule has 2 nitrogen and oxygen atoms in total. The van der Waals surface area contributed by atoms with E-state index in [1.807, 2.05) is 0 Å². The van der Waals surface area contributed by atoms with Gasteiger partial charge in [-0.3, -0.25) is 0 Å². The van der Waals surface area contributed by atoms with Gasteiger partial charge in [-0.1, -0.05) is 0 Å². The van der Waals surface area contributed by atoms with E-state index < -0.39 is 11.8 Å². The van der Waals surface area contributed by atoms with Crippen LogP contribution in [0.25, 0.3) is 0 Å². The Hall–Kier alpha value is -1.16. The Morgan fingerprint density at radius 1 is 1.31 bits per heavy atom. The van der Waals surface area contributed by atoms with E-state index in [4.69, 9.17) is 4.74 Å². The molecule has 1 aromatic carbocycles. The molecular weight excluding hydrogens is 212 g/mol. The minimum absolute atomic E-state index is 0.0713. The summed E-state index contributed by atoms with van der Waals surface area (Å²) in [5, 5.41) is 2.97.